The predicted octanol–water partition coefficient (Wildman–Crippen LogP) is 3.26. The second kappa shape index (κ2) is 5.24. The van der Waals surface area contributed by atoms with Gasteiger partial charge in [-0.3, -0.25) is 0 Å². The molecule has 0 saturated heterocycles. The van der Waals surface area contributed by atoms with Gasteiger partial charge in [-0.05, 0) is 24.3 Å². The number of halogens is 1. The smallest absolute Gasteiger partial charge is 0.262 e. The lowest BCUT2D eigenvalue weighted by molar-refractivity contribution is 0.405. The lowest BCUT2D eigenvalue weighted by atomic mass is 10.2. The van der Waals surface area contributed by atoms with E-state index < -0.39 is 5.82 Å². The van der Waals surface area contributed by atoms with Gasteiger partial charge in [0.15, 0.2) is 0 Å². The van der Waals surface area contributed by atoms with E-state index in [1.54, 1.807) is 30.3 Å². The first-order valence-corrected chi connectivity index (χ1v) is 6.15. The summed E-state index contributed by atoms with van der Waals surface area (Å²) in [6.45, 7) is 0. The van der Waals surface area contributed by atoms with E-state index in [0.717, 1.165) is 0 Å². The minimum Gasteiger partial charge on any atom is -0.507 e. The number of phenols is 1. The summed E-state index contributed by atoms with van der Waals surface area (Å²) in [5.74, 6) is 0.235. The summed E-state index contributed by atoms with van der Waals surface area (Å²) in [6, 6.07) is 10.8. The molecule has 0 aliphatic heterocycles. The van der Waals surface area contributed by atoms with Crippen molar-refractivity contribution in [1.82, 2.24) is 10.1 Å². The largest absolute Gasteiger partial charge is 0.507 e. The Morgan fingerprint density at radius 2 is 1.95 bits per heavy atom. The zero-order valence-electron chi connectivity index (χ0n) is 11.1. The number of hydrogen-bond acceptors (Lipinski definition) is 5. The van der Waals surface area contributed by atoms with E-state index in [1.165, 1.54) is 19.2 Å². The number of phenolic OH excluding ortho intramolecular Hbond substituents is 1. The Balaban J connectivity index is 2.01. The molecule has 1 N–H and O–H groups in total. The fourth-order valence-corrected chi connectivity index (χ4v) is 1.90. The van der Waals surface area contributed by atoms with Gasteiger partial charge in [0, 0.05) is 6.07 Å². The summed E-state index contributed by atoms with van der Waals surface area (Å²) in [5.41, 5.74) is 0.589. The molecule has 0 fully saturated rings. The monoisotopic (exact) mass is 286 g/mol. The van der Waals surface area contributed by atoms with Gasteiger partial charge in [-0.2, -0.15) is 4.98 Å². The van der Waals surface area contributed by atoms with Crippen LogP contribution in [0, 0.1) is 5.82 Å². The van der Waals surface area contributed by atoms with Gasteiger partial charge in [0.05, 0.1) is 18.2 Å². The lowest BCUT2D eigenvalue weighted by Gasteiger charge is -2.02. The first kappa shape index (κ1) is 13.1. The van der Waals surface area contributed by atoms with Crippen LogP contribution in [0.3, 0.4) is 0 Å². The predicted molar refractivity (Wildman–Crippen MR) is 73.3 cm³/mol. The van der Waals surface area contributed by atoms with E-state index in [1.807, 2.05) is 0 Å². The third-order valence-electron chi connectivity index (χ3n) is 2.98. The van der Waals surface area contributed by atoms with Crippen LogP contribution in [0.4, 0.5) is 4.39 Å². The Hall–Kier alpha value is -2.89. The van der Waals surface area contributed by atoms with Gasteiger partial charge in [0.2, 0.25) is 5.82 Å². The maximum Gasteiger partial charge on any atom is 0.262 e. The molecule has 0 aliphatic rings. The number of hydrogen-bond donors (Lipinski definition) is 1. The summed E-state index contributed by atoms with van der Waals surface area (Å²) < 4.78 is 23.8. The standard InChI is InChI=1S/C15H11FN2O3/c1-20-9-6-7-11(13(19)8-9)15-17-14(18-21-15)10-4-2-3-5-12(10)16/h2-8,19H,1H3. The number of rotatable bonds is 3. The fourth-order valence-electron chi connectivity index (χ4n) is 1.90. The number of aromatic hydroxyl groups is 1. The highest BCUT2D eigenvalue weighted by Gasteiger charge is 2.16. The van der Waals surface area contributed by atoms with Crippen LogP contribution in [0.25, 0.3) is 22.8 Å². The van der Waals surface area contributed by atoms with Crippen molar-refractivity contribution in [2.45, 2.75) is 0 Å². The molecular weight excluding hydrogens is 275 g/mol. The fraction of sp³-hybridized carbons (Fsp3) is 0.0667. The van der Waals surface area contributed by atoms with Crippen LogP contribution in [-0.2, 0) is 0 Å². The van der Waals surface area contributed by atoms with E-state index in [0.29, 0.717) is 11.3 Å². The van der Waals surface area contributed by atoms with Crippen molar-refractivity contribution >= 4 is 0 Å². The molecule has 1 heterocycles. The molecule has 0 aliphatic carbocycles. The van der Waals surface area contributed by atoms with Crippen molar-refractivity contribution in [2.24, 2.45) is 0 Å². The van der Waals surface area contributed by atoms with Crippen molar-refractivity contribution in [2.75, 3.05) is 7.11 Å². The van der Waals surface area contributed by atoms with E-state index in [4.69, 9.17) is 9.26 Å². The highest BCUT2D eigenvalue weighted by atomic mass is 19.1. The van der Waals surface area contributed by atoms with Crippen molar-refractivity contribution in [3.05, 3.63) is 48.3 Å². The van der Waals surface area contributed by atoms with Crippen LogP contribution in [0.5, 0.6) is 11.5 Å². The molecule has 3 rings (SSSR count). The Kier molecular flexibility index (Phi) is 3.27. The molecule has 6 heteroatoms. The summed E-state index contributed by atoms with van der Waals surface area (Å²) in [5, 5.41) is 13.7. The molecule has 0 radical (unpaired) electrons. The van der Waals surface area contributed by atoms with Crippen LogP contribution in [-0.4, -0.2) is 22.4 Å². The minimum atomic E-state index is -0.441. The Morgan fingerprint density at radius 1 is 1.14 bits per heavy atom. The molecule has 5 nitrogen and oxygen atoms in total. The normalized spacial score (nSPS) is 10.6. The summed E-state index contributed by atoms with van der Waals surface area (Å²) in [4.78, 5) is 4.11. The highest BCUT2D eigenvalue weighted by Crippen LogP contribution is 2.32. The molecule has 3 aromatic rings. The summed E-state index contributed by atoms with van der Waals surface area (Å²) in [6.07, 6.45) is 0. The third kappa shape index (κ3) is 2.43. The number of nitrogens with zero attached hydrogens (tertiary/aromatic N) is 2. The lowest BCUT2D eigenvalue weighted by Crippen LogP contribution is -1.86. The van der Waals surface area contributed by atoms with Gasteiger partial charge in [-0.15, -0.1) is 0 Å². The van der Waals surface area contributed by atoms with Gasteiger partial charge in [0.25, 0.3) is 5.89 Å². The van der Waals surface area contributed by atoms with Gasteiger partial charge in [-0.1, -0.05) is 17.3 Å². The van der Waals surface area contributed by atoms with E-state index >= 15 is 0 Å². The van der Waals surface area contributed by atoms with Crippen LogP contribution in [0.15, 0.2) is 47.0 Å². The van der Waals surface area contributed by atoms with E-state index in [-0.39, 0.29) is 23.0 Å². The van der Waals surface area contributed by atoms with Gasteiger partial charge < -0.3 is 14.4 Å². The number of aromatic nitrogens is 2. The zero-order valence-corrected chi connectivity index (χ0v) is 11.1. The maximum absolute atomic E-state index is 13.7. The van der Waals surface area contributed by atoms with Crippen molar-refractivity contribution in [1.29, 1.82) is 0 Å². The summed E-state index contributed by atoms with van der Waals surface area (Å²) in [7, 11) is 1.50. The van der Waals surface area contributed by atoms with Gasteiger partial charge in [-0.25, -0.2) is 4.39 Å². The van der Waals surface area contributed by atoms with Crippen molar-refractivity contribution < 1.29 is 18.8 Å². The van der Waals surface area contributed by atoms with Gasteiger partial charge in [0.1, 0.15) is 17.3 Å². The van der Waals surface area contributed by atoms with Crippen molar-refractivity contribution in [3.8, 4) is 34.3 Å². The van der Waals surface area contributed by atoms with Crippen LogP contribution < -0.4 is 4.74 Å². The average molecular weight is 286 g/mol. The Bertz CT molecular complexity index is 786. The Labute approximate surface area is 119 Å². The molecule has 2 aromatic carbocycles. The van der Waals surface area contributed by atoms with E-state index in [9.17, 15) is 9.50 Å². The highest BCUT2D eigenvalue weighted by molar-refractivity contribution is 5.66. The quantitative estimate of drug-likeness (QED) is 0.800. The first-order valence-electron chi connectivity index (χ1n) is 6.15. The molecule has 1 aromatic heterocycles. The number of ether oxygens (including phenoxy) is 1. The number of benzene rings is 2. The van der Waals surface area contributed by atoms with Crippen LogP contribution in [0.1, 0.15) is 0 Å². The molecule has 0 atom stereocenters. The molecule has 21 heavy (non-hydrogen) atoms. The molecule has 0 spiro atoms. The molecule has 0 unspecified atom stereocenters. The van der Waals surface area contributed by atoms with E-state index in [2.05, 4.69) is 10.1 Å². The van der Waals surface area contributed by atoms with Crippen LogP contribution >= 0.6 is 0 Å². The van der Waals surface area contributed by atoms with Crippen LogP contribution in [0.2, 0.25) is 0 Å². The average Bonchev–Trinajstić information content (AvgIpc) is 2.97. The topological polar surface area (TPSA) is 68.4 Å². The van der Waals surface area contributed by atoms with Gasteiger partial charge >= 0.3 is 0 Å². The maximum atomic E-state index is 13.7. The molecule has 0 amide bonds. The molecule has 0 bridgehead atoms. The van der Waals surface area contributed by atoms with Crippen molar-refractivity contribution in [3.63, 3.8) is 0 Å². The molecule has 0 saturated carbocycles. The Morgan fingerprint density at radius 3 is 2.67 bits per heavy atom. The SMILES string of the molecule is COc1ccc(-c2nc(-c3ccccc3F)no2)c(O)c1. The minimum absolute atomic E-state index is 0.0573. The second-order valence-corrected chi connectivity index (χ2v) is 4.29. The zero-order chi connectivity index (χ0) is 14.8. The second-order valence-electron chi connectivity index (χ2n) is 4.29. The summed E-state index contributed by atoms with van der Waals surface area (Å²) >= 11 is 0. The molecular formula is C15H11FN2O3. The number of methoxy groups -OCH3 is 1. The molecule has 106 valence electrons. The third-order valence-corrected chi connectivity index (χ3v) is 2.98. The first-order chi connectivity index (χ1) is 10.2.